The van der Waals surface area contributed by atoms with Crippen LogP contribution in [-0.4, -0.2) is 20.5 Å². The Morgan fingerprint density at radius 2 is 2.38 bits per heavy atom. The molecule has 0 amide bonds. The molecule has 0 atom stereocenters. The van der Waals surface area contributed by atoms with Gasteiger partial charge < -0.3 is 5.11 Å². The first-order chi connectivity index (χ1) is 3.84. The quantitative estimate of drug-likeness (QED) is 0.639. The van der Waals surface area contributed by atoms with E-state index in [4.69, 9.17) is 5.11 Å². The number of aliphatic hydroxyl groups is 1. The fourth-order valence-corrected chi connectivity index (χ4v) is 0.634. The van der Waals surface area contributed by atoms with E-state index in [1.54, 1.807) is 0 Å². The van der Waals surface area contributed by atoms with E-state index < -0.39 is 0 Å². The van der Waals surface area contributed by atoms with Gasteiger partial charge in [0.15, 0.2) is 4.60 Å². The summed E-state index contributed by atoms with van der Waals surface area (Å²) in [6.45, 7) is -0.0862. The summed E-state index contributed by atoms with van der Waals surface area (Å²) in [5.41, 5.74) is 0.532. The summed E-state index contributed by atoms with van der Waals surface area (Å²) in [6, 6.07) is 0. The number of halogens is 1. The molecule has 0 saturated heterocycles. The summed E-state index contributed by atoms with van der Waals surface area (Å²) in [6.07, 6.45) is 0. The summed E-state index contributed by atoms with van der Waals surface area (Å²) in [7, 11) is 0. The van der Waals surface area contributed by atoms with Crippen LogP contribution in [0.1, 0.15) is 5.69 Å². The third kappa shape index (κ3) is 0.873. The second-order valence-corrected chi connectivity index (χ2v) is 1.97. The zero-order chi connectivity index (χ0) is 5.98. The van der Waals surface area contributed by atoms with Crippen molar-refractivity contribution in [3.05, 3.63) is 10.3 Å². The minimum absolute atomic E-state index is 0.0862. The first kappa shape index (κ1) is 5.71. The maximum atomic E-state index is 8.45. The molecule has 0 radical (unpaired) electrons. The average molecular weight is 178 g/mol. The zero-order valence-corrected chi connectivity index (χ0v) is 5.51. The highest BCUT2D eigenvalue weighted by Gasteiger charge is 1.99. The molecular weight excluding hydrogens is 174 g/mol. The SMILES string of the molecule is OCc1n[nH]nc1Br. The Hall–Kier alpha value is -0.420. The van der Waals surface area contributed by atoms with E-state index >= 15 is 0 Å². The van der Waals surface area contributed by atoms with Crippen LogP contribution in [0.3, 0.4) is 0 Å². The van der Waals surface area contributed by atoms with Crippen LogP contribution in [0.2, 0.25) is 0 Å². The van der Waals surface area contributed by atoms with Gasteiger partial charge in [-0.2, -0.15) is 10.3 Å². The normalized spacial score (nSPS) is 9.75. The van der Waals surface area contributed by atoms with Crippen LogP contribution in [-0.2, 0) is 6.61 Å². The second-order valence-electron chi connectivity index (χ2n) is 1.22. The molecule has 0 aliphatic carbocycles. The number of rotatable bonds is 1. The van der Waals surface area contributed by atoms with E-state index in [2.05, 4.69) is 31.3 Å². The van der Waals surface area contributed by atoms with Crippen molar-refractivity contribution in [2.75, 3.05) is 0 Å². The summed E-state index contributed by atoms with van der Waals surface area (Å²) >= 11 is 3.06. The Bertz CT molecular complexity index is 175. The molecule has 8 heavy (non-hydrogen) atoms. The number of aromatic amines is 1. The van der Waals surface area contributed by atoms with Crippen LogP contribution in [0.15, 0.2) is 4.60 Å². The second kappa shape index (κ2) is 2.23. The van der Waals surface area contributed by atoms with Crippen molar-refractivity contribution >= 4 is 15.9 Å². The van der Waals surface area contributed by atoms with Gasteiger partial charge in [-0.1, -0.05) is 0 Å². The molecule has 44 valence electrons. The van der Waals surface area contributed by atoms with Gasteiger partial charge in [-0.05, 0) is 15.9 Å². The standard InChI is InChI=1S/C3H4BrN3O/c4-3-2(1-8)5-7-6-3/h8H,1H2,(H,5,6,7). The number of aliphatic hydroxyl groups excluding tert-OH is 1. The van der Waals surface area contributed by atoms with Crippen molar-refractivity contribution in [3.8, 4) is 0 Å². The first-order valence-electron chi connectivity index (χ1n) is 2.00. The van der Waals surface area contributed by atoms with Crippen LogP contribution in [0.25, 0.3) is 0 Å². The lowest BCUT2D eigenvalue weighted by molar-refractivity contribution is 0.276. The van der Waals surface area contributed by atoms with Crippen LogP contribution in [0.5, 0.6) is 0 Å². The first-order valence-corrected chi connectivity index (χ1v) is 2.80. The summed E-state index contributed by atoms with van der Waals surface area (Å²) in [5, 5.41) is 18.0. The lowest BCUT2D eigenvalue weighted by atomic mass is 10.5. The Labute approximate surface area is 54.0 Å². The van der Waals surface area contributed by atoms with Crippen LogP contribution < -0.4 is 0 Å². The zero-order valence-electron chi connectivity index (χ0n) is 3.93. The largest absolute Gasteiger partial charge is 0.390 e. The van der Waals surface area contributed by atoms with Gasteiger partial charge in [-0.25, -0.2) is 0 Å². The van der Waals surface area contributed by atoms with Gasteiger partial charge in [0.05, 0.1) is 6.61 Å². The van der Waals surface area contributed by atoms with Crippen molar-refractivity contribution in [1.29, 1.82) is 0 Å². The van der Waals surface area contributed by atoms with Gasteiger partial charge in [0, 0.05) is 0 Å². The highest BCUT2D eigenvalue weighted by Crippen LogP contribution is 2.07. The number of nitrogens with one attached hydrogen (secondary N) is 1. The molecule has 0 aliphatic rings. The van der Waals surface area contributed by atoms with E-state index in [1.165, 1.54) is 0 Å². The number of aromatic nitrogens is 3. The Morgan fingerprint density at radius 3 is 2.62 bits per heavy atom. The van der Waals surface area contributed by atoms with Gasteiger partial charge in [-0.3, -0.25) is 0 Å². The van der Waals surface area contributed by atoms with Gasteiger partial charge in [0.2, 0.25) is 0 Å². The smallest absolute Gasteiger partial charge is 0.153 e. The van der Waals surface area contributed by atoms with Gasteiger partial charge >= 0.3 is 0 Å². The number of H-pyrrole nitrogens is 1. The van der Waals surface area contributed by atoms with E-state index in [0.717, 1.165) is 0 Å². The number of hydrogen-bond donors (Lipinski definition) is 2. The molecular formula is C3H4BrN3O. The molecule has 0 aromatic carbocycles. The van der Waals surface area contributed by atoms with Crippen molar-refractivity contribution in [2.45, 2.75) is 6.61 Å². The summed E-state index contributed by atoms with van der Waals surface area (Å²) in [5.74, 6) is 0. The predicted molar refractivity (Wildman–Crippen MR) is 30.0 cm³/mol. The minimum atomic E-state index is -0.0862. The maximum absolute atomic E-state index is 8.45. The van der Waals surface area contributed by atoms with E-state index in [9.17, 15) is 0 Å². The lowest BCUT2D eigenvalue weighted by Crippen LogP contribution is -1.82. The highest BCUT2D eigenvalue weighted by molar-refractivity contribution is 9.10. The van der Waals surface area contributed by atoms with Crippen molar-refractivity contribution in [2.24, 2.45) is 0 Å². The summed E-state index contributed by atoms with van der Waals surface area (Å²) in [4.78, 5) is 0. The number of nitrogens with zero attached hydrogens (tertiary/aromatic N) is 2. The minimum Gasteiger partial charge on any atom is -0.390 e. The molecule has 1 aromatic rings. The van der Waals surface area contributed by atoms with Crippen molar-refractivity contribution in [3.63, 3.8) is 0 Å². The van der Waals surface area contributed by atoms with Gasteiger partial charge in [0.25, 0.3) is 0 Å². The molecule has 1 rings (SSSR count). The van der Waals surface area contributed by atoms with Crippen molar-refractivity contribution in [1.82, 2.24) is 15.4 Å². The fraction of sp³-hybridized carbons (Fsp3) is 0.333. The molecule has 0 aliphatic heterocycles. The molecule has 4 nitrogen and oxygen atoms in total. The highest BCUT2D eigenvalue weighted by atomic mass is 79.9. The molecule has 2 N–H and O–H groups in total. The molecule has 0 saturated carbocycles. The van der Waals surface area contributed by atoms with Crippen molar-refractivity contribution < 1.29 is 5.11 Å². The van der Waals surface area contributed by atoms with Gasteiger partial charge in [-0.15, -0.1) is 5.10 Å². The van der Waals surface area contributed by atoms with E-state index in [-0.39, 0.29) is 6.61 Å². The van der Waals surface area contributed by atoms with Crippen LogP contribution in [0.4, 0.5) is 0 Å². The molecule has 0 bridgehead atoms. The van der Waals surface area contributed by atoms with E-state index in [0.29, 0.717) is 10.3 Å². The Kier molecular flexibility index (Phi) is 1.59. The Balaban J connectivity index is 2.92. The molecule has 1 heterocycles. The van der Waals surface area contributed by atoms with E-state index in [1.807, 2.05) is 0 Å². The number of hydrogen-bond acceptors (Lipinski definition) is 3. The molecule has 0 unspecified atom stereocenters. The van der Waals surface area contributed by atoms with Crippen LogP contribution in [0, 0.1) is 0 Å². The Morgan fingerprint density at radius 1 is 1.62 bits per heavy atom. The third-order valence-electron chi connectivity index (χ3n) is 0.721. The molecule has 0 spiro atoms. The average Bonchev–Trinajstić information content (AvgIpc) is 2.14. The predicted octanol–water partition coefficient (Wildman–Crippen LogP) is 0.0595. The maximum Gasteiger partial charge on any atom is 0.153 e. The fourth-order valence-electron chi connectivity index (χ4n) is 0.341. The third-order valence-corrected chi connectivity index (χ3v) is 1.36. The van der Waals surface area contributed by atoms with Gasteiger partial charge in [0.1, 0.15) is 5.69 Å². The summed E-state index contributed by atoms with van der Waals surface area (Å²) < 4.78 is 0.569. The van der Waals surface area contributed by atoms with Crippen LogP contribution >= 0.6 is 15.9 Å². The molecule has 0 fully saturated rings. The monoisotopic (exact) mass is 177 g/mol. The molecule has 1 aromatic heterocycles. The molecule has 5 heteroatoms. The topological polar surface area (TPSA) is 61.8 Å². The lowest BCUT2D eigenvalue weighted by Gasteiger charge is -1.80.